The maximum atomic E-state index is 5.98. The maximum Gasteiger partial charge on any atom is 0.227 e. The summed E-state index contributed by atoms with van der Waals surface area (Å²) >= 11 is 2.32. The maximum absolute atomic E-state index is 5.98. The molecule has 0 aliphatic rings. The van der Waals surface area contributed by atoms with Crippen LogP contribution in [0.2, 0.25) is 0 Å². The zero-order valence-corrected chi connectivity index (χ0v) is 17.7. The van der Waals surface area contributed by atoms with Crippen molar-refractivity contribution < 1.29 is 8.83 Å². The number of alkyl halides is 1. The van der Waals surface area contributed by atoms with Crippen LogP contribution < -0.4 is 0 Å². The molecule has 0 atom stereocenters. The molecule has 26 heavy (non-hydrogen) atoms. The molecular formula is C21H21IN2O2. The van der Waals surface area contributed by atoms with Gasteiger partial charge in [-0.2, -0.15) is 0 Å². The number of nitrogens with zero attached hydrogens (tertiary/aromatic N) is 2. The van der Waals surface area contributed by atoms with Crippen molar-refractivity contribution in [1.29, 1.82) is 0 Å². The third-order valence-electron chi connectivity index (χ3n) is 4.40. The summed E-state index contributed by atoms with van der Waals surface area (Å²) in [5, 5.41) is 0. The summed E-state index contributed by atoms with van der Waals surface area (Å²) < 4.78 is 11.7. The smallest absolute Gasteiger partial charge is 0.227 e. The highest BCUT2D eigenvalue weighted by molar-refractivity contribution is 14.1. The van der Waals surface area contributed by atoms with E-state index in [9.17, 15) is 0 Å². The minimum Gasteiger partial charge on any atom is -0.439 e. The van der Waals surface area contributed by atoms with E-state index in [4.69, 9.17) is 8.83 Å². The predicted octanol–water partition coefficient (Wildman–Crippen LogP) is 6.60. The highest BCUT2D eigenvalue weighted by atomic mass is 127. The molecule has 0 spiro atoms. The lowest BCUT2D eigenvalue weighted by molar-refractivity contribution is 0.491. The lowest BCUT2D eigenvalue weighted by atomic mass is 9.87. The number of rotatable bonds is 2. The molecule has 5 heteroatoms. The Kier molecular flexibility index (Phi) is 3.91. The van der Waals surface area contributed by atoms with Gasteiger partial charge in [-0.05, 0) is 43.0 Å². The number of halogens is 1. The molecule has 0 saturated heterocycles. The Bertz CT molecular complexity index is 1040. The molecule has 0 aliphatic heterocycles. The molecule has 4 aromatic rings. The van der Waals surface area contributed by atoms with E-state index in [0.717, 1.165) is 22.2 Å². The van der Waals surface area contributed by atoms with Crippen molar-refractivity contribution >= 4 is 44.8 Å². The molecule has 0 bridgehead atoms. The first-order valence-electron chi connectivity index (χ1n) is 8.63. The van der Waals surface area contributed by atoms with Gasteiger partial charge in [-0.15, -0.1) is 0 Å². The fourth-order valence-corrected chi connectivity index (χ4v) is 3.07. The molecule has 0 radical (unpaired) electrons. The van der Waals surface area contributed by atoms with Gasteiger partial charge in [-0.1, -0.05) is 55.5 Å². The summed E-state index contributed by atoms with van der Waals surface area (Å²) in [6, 6.07) is 12.2. The molecule has 0 unspecified atom stereocenters. The molecule has 0 N–H and O–H groups in total. The van der Waals surface area contributed by atoms with Gasteiger partial charge in [0.05, 0.1) is 3.42 Å². The summed E-state index contributed by atoms with van der Waals surface area (Å²) in [6.07, 6.45) is 0. The Balaban J connectivity index is 1.76. The van der Waals surface area contributed by atoms with Gasteiger partial charge in [-0.3, -0.25) is 0 Å². The Morgan fingerprint density at radius 3 is 2.04 bits per heavy atom. The van der Waals surface area contributed by atoms with E-state index >= 15 is 0 Å². The fourth-order valence-electron chi connectivity index (χ4n) is 2.84. The highest BCUT2D eigenvalue weighted by Crippen LogP contribution is 2.34. The second kappa shape index (κ2) is 5.81. The summed E-state index contributed by atoms with van der Waals surface area (Å²) in [7, 11) is 0. The van der Waals surface area contributed by atoms with Crippen molar-refractivity contribution in [2.24, 2.45) is 0 Å². The lowest BCUT2D eigenvalue weighted by Gasteiger charge is -2.18. The topological polar surface area (TPSA) is 52.1 Å². The van der Waals surface area contributed by atoms with Crippen molar-refractivity contribution in [3.8, 4) is 11.5 Å². The van der Waals surface area contributed by atoms with Gasteiger partial charge in [0.2, 0.25) is 11.8 Å². The van der Waals surface area contributed by atoms with Gasteiger partial charge in [0.15, 0.2) is 11.2 Å². The van der Waals surface area contributed by atoms with Crippen LogP contribution in [-0.4, -0.2) is 9.97 Å². The zero-order chi connectivity index (χ0) is 18.7. The largest absolute Gasteiger partial charge is 0.439 e. The van der Waals surface area contributed by atoms with Crippen LogP contribution in [0, 0.1) is 0 Å². The van der Waals surface area contributed by atoms with E-state index in [1.807, 2.05) is 12.1 Å². The molecule has 0 saturated carbocycles. The number of hydrogen-bond donors (Lipinski definition) is 0. The molecule has 0 fully saturated rings. The molecule has 0 aliphatic carbocycles. The molecule has 0 amide bonds. The van der Waals surface area contributed by atoms with E-state index in [1.165, 1.54) is 5.56 Å². The minimum atomic E-state index is -0.161. The Morgan fingerprint density at radius 1 is 0.808 bits per heavy atom. The first-order chi connectivity index (χ1) is 12.1. The monoisotopic (exact) mass is 460 g/mol. The van der Waals surface area contributed by atoms with Gasteiger partial charge in [0.25, 0.3) is 0 Å². The van der Waals surface area contributed by atoms with Gasteiger partial charge in [0, 0.05) is 11.6 Å². The van der Waals surface area contributed by atoms with Crippen LogP contribution in [0.25, 0.3) is 33.7 Å². The van der Waals surface area contributed by atoms with Crippen LogP contribution in [0.15, 0.2) is 45.2 Å². The third-order valence-corrected chi connectivity index (χ3v) is 4.87. The molecule has 2 aromatic heterocycles. The number of benzene rings is 2. The van der Waals surface area contributed by atoms with E-state index < -0.39 is 0 Å². The Labute approximate surface area is 166 Å². The summed E-state index contributed by atoms with van der Waals surface area (Å²) in [5.41, 5.74) is 5.41. The van der Waals surface area contributed by atoms with Gasteiger partial charge in [-0.25, -0.2) is 9.97 Å². The molecule has 2 heterocycles. The Hall–Kier alpha value is -1.89. The average Bonchev–Trinajstić information content (AvgIpc) is 3.14. The normalized spacial score (nSPS) is 13.0. The number of oxazole rings is 2. The van der Waals surface area contributed by atoms with E-state index in [0.29, 0.717) is 17.4 Å². The van der Waals surface area contributed by atoms with Gasteiger partial charge in [0.1, 0.15) is 11.0 Å². The second-order valence-corrected chi connectivity index (χ2v) is 10.8. The summed E-state index contributed by atoms with van der Waals surface area (Å²) in [6.45, 7) is 10.7. The first-order valence-corrected chi connectivity index (χ1v) is 9.70. The van der Waals surface area contributed by atoms with Crippen LogP contribution in [0.5, 0.6) is 0 Å². The van der Waals surface area contributed by atoms with Crippen LogP contribution in [0.4, 0.5) is 0 Å². The SMILES string of the molecule is CC(C)(C)c1ccc(-c2nc3cc4nc(C(C)(C)I)oc4cc3o2)cc1. The van der Waals surface area contributed by atoms with E-state index in [2.05, 4.69) is 91.4 Å². The number of hydrogen-bond acceptors (Lipinski definition) is 4. The van der Waals surface area contributed by atoms with Crippen LogP contribution in [0.1, 0.15) is 46.1 Å². The fraction of sp³-hybridized carbons (Fsp3) is 0.333. The lowest BCUT2D eigenvalue weighted by Crippen LogP contribution is -2.10. The third kappa shape index (κ3) is 3.13. The van der Waals surface area contributed by atoms with Crippen molar-refractivity contribution in [2.45, 2.75) is 43.5 Å². The Morgan fingerprint density at radius 2 is 1.42 bits per heavy atom. The van der Waals surface area contributed by atoms with Gasteiger partial charge < -0.3 is 8.83 Å². The quantitative estimate of drug-likeness (QED) is 0.250. The molecule has 2 aromatic carbocycles. The second-order valence-electron chi connectivity index (χ2n) is 8.13. The summed E-state index contributed by atoms with van der Waals surface area (Å²) in [5.74, 6) is 1.32. The number of aromatic nitrogens is 2. The van der Waals surface area contributed by atoms with E-state index in [-0.39, 0.29) is 8.84 Å². The van der Waals surface area contributed by atoms with Crippen molar-refractivity contribution in [2.75, 3.05) is 0 Å². The van der Waals surface area contributed by atoms with Crippen LogP contribution in [-0.2, 0) is 8.84 Å². The minimum absolute atomic E-state index is 0.125. The predicted molar refractivity (Wildman–Crippen MR) is 113 cm³/mol. The van der Waals surface area contributed by atoms with Crippen molar-refractivity contribution in [3.05, 3.63) is 47.9 Å². The molecule has 134 valence electrons. The molecular weight excluding hydrogens is 439 g/mol. The summed E-state index contributed by atoms with van der Waals surface area (Å²) in [4.78, 5) is 9.25. The van der Waals surface area contributed by atoms with E-state index in [1.54, 1.807) is 0 Å². The first kappa shape index (κ1) is 17.5. The number of fused-ring (bicyclic) bond motifs is 2. The highest BCUT2D eigenvalue weighted by Gasteiger charge is 2.23. The molecule has 4 rings (SSSR count). The molecule has 4 nitrogen and oxygen atoms in total. The van der Waals surface area contributed by atoms with Crippen LogP contribution >= 0.6 is 22.6 Å². The van der Waals surface area contributed by atoms with Gasteiger partial charge >= 0.3 is 0 Å². The standard InChI is InChI=1S/C21H21IN2O2/c1-20(2,3)13-8-6-12(7-9-13)18-23-14-10-15-17(11-16(14)25-18)26-19(24-15)21(4,5)22/h6-11H,1-5H3. The zero-order valence-electron chi connectivity index (χ0n) is 15.6. The van der Waals surface area contributed by atoms with Crippen molar-refractivity contribution in [1.82, 2.24) is 9.97 Å². The van der Waals surface area contributed by atoms with Crippen LogP contribution in [0.3, 0.4) is 0 Å². The van der Waals surface area contributed by atoms with Crippen molar-refractivity contribution in [3.63, 3.8) is 0 Å². The average molecular weight is 460 g/mol.